The number of rotatable bonds is 5. The summed E-state index contributed by atoms with van der Waals surface area (Å²) < 4.78 is 25.4. The molecule has 0 aromatic heterocycles. The number of sulfonamides is 1. The van der Waals surface area contributed by atoms with Crippen molar-refractivity contribution in [2.45, 2.75) is 13.0 Å². The van der Waals surface area contributed by atoms with Crippen molar-refractivity contribution in [3.63, 3.8) is 0 Å². The maximum Gasteiger partial charge on any atom is 0.247 e. The van der Waals surface area contributed by atoms with Gasteiger partial charge in [-0.1, -0.05) is 41.4 Å². The summed E-state index contributed by atoms with van der Waals surface area (Å²) in [6, 6.07) is 12.2. The lowest BCUT2D eigenvalue weighted by Gasteiger charge is -2.29. The Balaban J connectivity index is 2.38. The van der Waals surface area contributed by atoms with E-state index in [0.717, 1.165) is 10.6 Å². The number of para-hydroxylation sites is 1. The van der Waals surface area contributed by atoms with Crippen molar-refractivity contribution in [2.24, 2.45) is 0 Å². The van der Waals surface area contributed by atoms with Crippen molar-refractivity contribution in [3.05, 3.63) is 58.6 Å². The van der Waals surface area contributed by atoms with Gasteiger partial charge in [0.25, 0.3) is 0 Å². The third kappa shape index (κ3) is 4.41. The predicted octanol–water partition coefficient (Wildman–Crippen LogP) is 3.79. The fraction of sp³-hybridized carbons (Fsp3) is 0.188. The standard InChI is InChI=1S/C16H16Cl2N2O3S/c1-11(16(21)19-13-6-4-3-5-7-13)20(24(2,22)23)15-10-12(17)8-9-14(15)18/h3-11H,1-2H3,(H,19,21)/t11-/m0/s1. The zero-order chi connectivity index (χ0) is 17.9. The zero-order valence-electron chi connectivity index (χ0n) is 13.0. The first kappa shape index (κ1) is 18.6. The van der Waals surface area contributed by atoms with Crippen LogP contribution in [-0.2, 0) is 14.8 Å². The largest absolute Gasteiger partial charge is 0.324 e. The molecule has 8 heteroatoms. The summed E-state index contributed by atoms with van der Waals surface area (Å²) in [5, 5.41) is 3.18. The molecule has 2 rings (SSSR count). The van der Waals surface area contributed by atoms with Crippen molar-refractivity contribution < 1.29 is 13.2 Å². The molecular formula is C16H16Cl2N2O3S. The summed E-state index contributed by atoms with van der Waals surface area (Å²) in [4.78, 5) is 12.5. The van der Waals surface area contributed by atoms with E-state index < -0.39 is 22.0 Å². The van der Waals surface area contributed by atoms with E-state index in [1.807, 2.05) is 6.07 Å². The first-order chi connectivity index (χ1) is 11.2. The summed E-state index contributed by atoms with van der Waals surface area (Å²) in [5.74, 6) is -0.484. The van der Waals surface area contributed by atoms with Crippen LogP contribution in [0.5, 0.6) is 0 Å². The number of benzene rings is 2. The Hall–Kier alpha value is -1.76. The lowest BCUT2D eigenvalue weighted by molar-refractivity contribution is -0.116. The molecule has 128 valence electrons. The molecule has 0 radical (unpaired) electrons. The van der Waals surface area contributed by atoms with Gasteiger partial charge >= 0.3 is 0 Å². The maximum atomic E-state index is 12.5. The van der Waals surface area contributed by atoms with Gasteiger partial charge in [0.1, 0.15) is 6.04 Å². The van der Waals surface area contributed by atoms with Gasteiger partial charge in [0.05, 0.1) is 17.0 Å². The van der Waals surface area contributed by atoms with Crippen LogP contribution in [0.1, 0.15) is 6.92 Å². The molecular weight excluding hydrogens is 371 g/mol. The Morgan fingerprint density at radius 3 is 2.33 bits per heavy atom. The van der Waals surface area contributed by atoms with E-state index in [-0.39, 0.29) is 10.7 Å². The normalized spacial score (nSPS) is 12.5. The molecule has 0 fully saturated rings. The molecule has 0 unspecified atom stereocenters. The Morgan fingerprint density at radius 2 is 1.75 bits per heavy atom. The van der Waals surface area contributed by atoms with Crippen molar-refractivity contribution in [2.75, 3.05) is 15.9 Å². The average Bonchev–Trinajstić information content (AvgIpc) is 2.50. The first-order valence-corrected chi connectivity index (χ1v) is 9.61. The number of anilines is 2. The molecule has 0 heterocycles. The molecule has 0 saturated carbocycles. The van der Waals surface area contributed by atoms with Gasteiger partial charge in [-0.3, -0.25) is 9.10 Å². The van der Waals surface area contributed by atoms with Crippen LogP contribution >= 0.6 is 23.2 Å². The summed E-state index contributed by atoms with van der Waals surface area (Å²) in [7, 11) is -3.76. The summed E-state index contributed by atoms with van der Waals surface area (Å²) in [5.41, 5.74) is 0.724. The summed E-state index contributed by atoms with van der Waals surface area (Å²) >= 11 is 12.1. The highest BCUT2D eigenvalue weighted by molar-refractivity contribution is 7.92. The quantitative estimate of drug-likeness (QED) is 0.849. The minimum Gasteiger partial charge on any atom is -0.324 e. The highest BCUT2D eigenvalue weighted by Crippen LogP contribution is 2.32. The smallest absolute Gasteiger partial charge is 0.247 e. The molecule has 1 atom stereocenters. The lowest BCUT2D eigenvalue weighted by Crippen LogP contribution is -2.45. The van der Waals surface area contributed by atoms with E-state index in [4.69, 9.17) is 23.2 Å². The number of carbonyl (C=O) groups excluding carboxylic acids is 1. The zero-order valence-corrected chi connectivity index (χ0v) is 15.4. The fourth-order valence-corrected chi connectivity index (χ4v) is 3.81. The SMILES string of the molecule is C[C@@H](C(=O)Nc1ccccc1)N(c1cc(Cl)ccc1Cl)S(C)(=O)=O. The second-order valence-corrected chi connectivity index (χ2v) is 7.89. The van der Waals surface area contributed by atoms with E-state index in [1.54, 1.807) is 30.3 Å². The van der Waals surface area contributed by atoms with E-state index in [1.165, 1.54) is 19.1 Å². The molecule has 24 heavy (non-hydrogen) atoms. The van der Waals surface area contributed by atoms with Crippen LogP contribution in [0.15, 0.2) is 48.5 Å². The van der Waals surface area contributed by atoms with E-state index >= 15 is 0 Å². The molecule has 0 spiro atoms. The molecule has 1 N–H and O–H groups in total. The molecule has 5 nitrogen and oxygen atoms in total. The minimum atomic E-state index is -3.76. The van der Waals surface area contributed by atoms with Crippen molar-refractivity contribution in [3.8, 4) is 0 Å². The number of hydrogen-bond donors (Lipinski definition) is 1. The van der Waals surface area contributed by atoms with E-state index in [0.29, 0.717) is 10.7 Å². The maximum absolute atomic E-state index is 12.5. The molecule has 0 aliphatic carbocycles. The van der Waals surface area contributed by atoms with Gasteiger partial charge in [-0.15, -0.1) is 0 Å². The Kier molecular flexibility index (Phi) is 5.74. The van der Waals surface area contributed by atoms with Gasteiger partial charge in [-0.05, 0) is 37.3 Å². The van der Waals surface area contributed by atoms with Crippen LogP contribution in [-0.4, -0.2) is 26.6 Å². The van der Waals surface area contributed by atoms with Gasteiger partial charge in [0, 0.05) is 10.7 Å². The number of carbonyl (C=O) groups is 1. The summed E-state index contributed by atoms with van der Waals surface area (Å²) in [6.07, 6.45) is 1.01. The molecule has 2 aromatic carbocycles. The second kappa shape index (κ2) is 7.42. The Bertz CT molecular complexity index is 842. The molecule has 0 aliphatic heterocycles. The highest BCUT2D eigenvalue weighted by atomic mass is 35.5. The molecule has 0 aliphatic rings. The molecule has 0 bridgehead atoms. The van der Waals surface area contributed by atoms with Crippen molar-refractivity contribution in [1.82, 2.24) is 0 Å². The number of halogens is 2. The predicted molar refractivity (Wildman–Crippen MR) is 98.3 cm³/mol. The van der Waals surface area contributed by atoms with E-state index in [9.17, 15) is 13.2 Å². The monoisotopic (exact) mass is 386 g/mol. The van der Waals surface area contributed by atoms with Gasteiger partial charge in [0.2, 0.25) is 15.9 Å². The van der Waals surface area contributed by atoms with Gasteiger partial charge in [-0.25, -0.2) is 8.42 Å². The van der Waals surface area contributed by atoms with Gasteiger partial charge in [-0.2, -0.15) is 0 Å². The minimum absolute atomic E-state index is 0.155. The van der Waals surface area contributed by atoms with Gasteiger partial charge < -0.3 is 5.32 Å². The molecule has 2 aromatic rings. The van der Waals surface area contributed by atoms with Crippen LogP contribution in [0.4, 0.5) is 11.4 Å². The van der Waals surface area contributed by atoms with Crippen LogP contribution < -0.4 is 9.62 Å². The van der Waals surface area contributed by atoms with Crippen LogP contribution in [0.2, 0.25) is 10.0 Å². The molecule has 1 amide bonds. The Morgan fingerprint density at radius 1 is 1.12 bits per heavy atom. The third-order valence-corrected chi connectivity index (χ3v) is 5.06. The Labute approximate surface area is 151 Å². The van der Waals surface area contributed by atoms with Crippen molar-refractivity contribution >= 4 is 50.5 Å². The first-order valence-electron chi connectivity index (χ1n) is 7.00. The average molecular weight is 387 g/mol. The number of nitrogens with zero attached hydrogens (tertiary/aromatic N) is 1. The highest BCUT2D eigenvalue weighted by Gasteiger charge is 2.30. The number of hydrogen-bond acceptors (Lipinski definition) is 3. The van der Waals surface area contributed by atoms with E-state index in [2.05, 4.69) is 5.32 Å². The summed E-state index contributed by atoms with van der Waals surface area (Å²) in [6.45, 7) is 1.48. The lowest BCUT2D eigenvalue weighted by atomic mass is 10.2. The topological polar surface area (TPSA) is 66.5 Å². The van der Waals surface area contributed by atoms with Crippen LogP contribution in [0.3, 0.4) is 0 Å². The third-order valence-electron chi connectivity index (χ3n) is 3.28. The van der Waals surface area contributed by atoms with Crippen LogP contribution in [0.25, 0.3) is 0 Å². The fourth-order valence-electron chi connectivity index (χ4n) is 2.20. The van der Waals surface area contributed by atoms with Gasteiger partial charge in [0.15, 0.2) is 0 Å². The van der Waals surface area contributed by atoms with Crippen LogP contribution in [0, 0.1) is 0 Å². The second-order valence-electron chi connectivity index (χ2n) is 5.19. The van der Waals surface area contributed by atoms with Crippen molar-refractivity contribution in [1.29, 1.82) is 0 Å². The number of amides is 1. The number of nitrogens with one attached hydrogen (secondary N) is 1. The molecule has 0 saturated heterocycles.